The van der Waals surface area contributed by atoms with Crippen LogP contribution in [0.1, 0.15) is 22.8 Å². The highest BCUT2D eigenvalue weighted by molar-refractivity contribution is 6.03. The minimum absolute atomic E-state index is 0.0852. The van der Waals surface area contributed by atoms with Crippen LogP contribution in [0.25, 0.3) is 0 Å². The molecule has 7 nitrogen and oxygen atoms in total. The maximum atomic E-state index is 11.6. The second-order valence-corrected chi connectivity index (χ2v) is 4.78. The summed E-state index contributed by atoms with van der Waals surface area (Å²) < 4.78 is 10.4. The molecular weight excluding hydrogens is 314 g/mol. The molecule has 0 unspecified atom stereocenters. The number of aromatic hydroxyl groups is 2. The lowest BCUT2D eigenvalue weighted by Crippen LogP contribution is -2.13. The molecule has 0 fully saturated rings. The number of phenols is 2. The van der Waals surface area contributed by atoms with Gasteiger partial charge < -0.3 is 24.9 Å². The van der Waals surface area contributed by atoms with Gasteiger partial charge in [0.25, 0.3) is 0 Å². The molecule has 0 aliphatic heterocycles. The van der Waals surface area contributed by atoms with Crippen LogP contribution < -0.4 is 4.74 Å². The van der Waals surface area contributed by atoms with Crippen molar-refractivity contribution in [3.05, 3.63) is 53.6 Å². The number of hydrogen-bond donors (Lipinski definition) is 3. The molecule has 0 saturated carbocycles. The summed E-state index contributed by atoms with van der Waals surface area (Å²) in [5.74, 6) is -0.314. The van der Waals surface area contributed by atoms with E-state index >= 15 is 0 Å². The average Bonchev–Trinajstić information content (AvgIpc) is 2.57. The van der Waals surface area contributed by atoms with Gasteiger partial charge in [0.2, 0.25) is 0 Å². The first kappa shape index (κ1) is 17.1. The first-order chi connectivity index (χ1) is 11.5. The molecule has 3 N–H and O–H groups in total. The molecule has 0 radical (unpaired) electrons. The number of hydrogen-bond acceptors (Lipinski definition) is 7. The van der Waals surface area contributed by atoms with E-state index in [4.69, 9.17) is 14.7 Å². The summed E-state index contributed by atoms with van der Waals surface area (Å²) >= 11 is 0. The van der Waals surface area contributed by atoms with Gasteiger partial charge in [-0.2, -0.15) is 0 Å². The van der Waals surface area contributed by atoms with E-state index in [1.807, 2.05) is 0 Å². The lowest BCUT2D eigenvalue weighted by Gasteiger charge is -2.10. The molecule has 0 aromatic heterocycles. The van der Waals surface area contributed by atoms with Crippen LogP contribution in [0, 0.1) is 0 Å². The molecule has 0 atom stereocenters. The smallest absolute Gasteiger partial charge is 0.338 e. The minimum atomic E-state index is -0.421. The molecular formula is C17H17NO6. The first-order valence-electron chi connectivity index (χ1n) is 7.18. The minimum Gasteiger partial charge on any atom is -0.508 e. The average molecular weight is 331 g/mol. The van der Waals surface area contributed by atoms with Crippen molar-refractivity contribution in [1.29, 1.82) is 0 Å². The number of ether oxygens (including phenoxy) is 2. The van der Waals surface area contributed by atoms with Gasteiger partial charge in [-0.3, -0.25) is 0 Å². The largest absolute Gasteiger partial charge is 0.508 e. The van der Waals surface area contributed by atoms with Crippen LogP contribution >= 0.6 is 0 Å². The number of carbonyl (C=O) groups is 1. The number of carbonyl (C=O) groups excluding carboxylic acids is 1. The van der Waals surface area contributed by atoms with Gasteiger partial charge in [0.05, 0.1) is 12.2 Å². The van der Waals surface area contributed by atoms with Crippen LogP contribution in [0.5, 0.6) is 17.2 Å². The highest BCUT2D eigenvalue weighted by Crippen LogP contribution is 2.23. The molecule has 0 aliphatic rings. The van der Waals surface area contributed by atoms with E-state index in [0.717, 1.165) is 6.07 Å². The quantitative estimate of drug-likeness (QED) is 0.325. The molecule has 126 valence electrons. The number of rotatable bonds is 6. The number of phenolic OH excluding ortho intramolecular Hbond substituents is 2. The Balaban J connectivity index is 2.04. The van der Waals surface area contributed by atoms with E-state index in [1.54, 1.807) is 31.2 Å². The second kappa shape index (κ2) is 7.87. The third kappa shape index (κ3) is 4.16. The van der Waals surface area contributed by atoms with Crippen molar-refractivity contribution in [2.75, 3.05) is 13.2 Å². The third-order valence-electron chi connectivity index (χ3n) is 3.15. The van der Waals surface area contributed by atoms with Crippen molar-refractivity contribution >= 4 is 11.7 Å². The van der Waals surface area contributed by atoms with Gasteiger partial charge in [0.1, 0.15) is 29.6 Å². The fourth-order valence-corrected chi connectivity index (χ4v) is 1.98. The Kier molecular flexibility index (Phi) is 5.62. The molecule has 7 heteroatoms. The lowest BCUT2D eigenvalue weighted by molar-refractivity contribution is 0.0526. The zero-order valence-corrected chi connectivity index (χ0v) is 13.0. The van der Waals surface area contributed by atoms with E-state index < -0.39 is 5.97 Å². The normalized spacial score (nSPS) is 11.1. The monoisotopic (exact) mass is 331 g/mol. The van der Waals surface area contributed by atoms with Gasteiger partial charge in [-0.15, -0.1) is 0 Å². The molecule has 0 bridgehead atoms. The maximum absolute atomic E-state index is 11.6. The Morgan fingerprint density at radius 1 is 1.12 bits per heavy atom. The number of nitrogens with zero attached hydrogens (tertiary/aromatic N) is 1. The number of benzene rings is 2. The molecule has 0 heterocycles. The summed E-state index contributed by atoms with van der Waals surface area (Å²) in [7, 11) is 0. The molecule has 0 spiro atoms. The fourth-order valence-electron chi connectivity index (χ4n) is 1.98. The van der Waals surface area contributed by atoms with Crippen molar-refractivity contribution < 1.29 is 29.7 Å². The highest BCUT2D eigenvalue weighted by Gasteiger charge is 2.12. The van der Waals surface area contributed by atoms with Crippen LogP contribution in [0.2, 0.25) is 0 Å². The van der Waals surface area contributed by atoms with Crippen LogP contribution in [0.3, 0.4) is 0 Å². The van der Waals surface area contributed by atoms with Crippen molar-refractivity contribution in [1.82, 2.24) is 0 Å². The predicted molar refractivity (Wildman–Crippen MR) is 86.0 cm³/mol. The summed E-state index contributed by atoms with van der Waals surface area (Å²) in [5, 5.41) is 31.3. The summed E-state index contributed by atoms with van der Waals surface area (Å²) in [5.41, 5.74) is 0.719. The molecule has 24 heavy (non-hydrogen) atoms. The predicted octanol–water partition coefficient (Wildman–Crippen LogP) is 2.53. The SMILES string of the molecule is CCOC(=O)c1ccc(OC/C(=N/O)c2ccc(O)cc2O)cc1. The van der Waals surface area contributed by atoms with E-state index in [-0.39, 0.29) is 29.4 Å². The van der Waals surface area contributed by atoms with Gasteiger partial charge in [0.15, 0.2) is 0 Å². The Bertz CT molecular complexity index is 739. The van der Waals surface area contributed by atoms with Crippen molar-refractivity contribution in [3.63, 3.8) is 0 Å². The standard InChI is InChI=1S/C17H17NO6/c1-2-23-17(21)11-3-6-13(7-4-11)24-10-15(18-22)14-8-5-12(19)9-16(14)20/h3-9,19-20,22H,2,10H2,1H3/b18-15-. The van der Waals surface area contributed by atoms with E-state index in [9.17, 15) is 15.0 Å². The van der Waals surface area contributed by atoms with Gasteiger partial charge in [0, 0.05) is 11.6 Å². The molecule has 0 aliphatic carbocycles. The summed E-state index contributed by atoms with van der Waals surface area (Å²) in [6.45, 7) is 1.90. The van der Waals surface area contributed by atoms with Gasteiger partial charge in [-0.05, 0) is 43.3 Å². The Morgan fingerprint density at radius 3 is 2.42 bits per heavy atom. The maximum Gasteiger partial charge on any atom is 0.338 e. The van der Waals surface area contributed by atoms with Gasteiger partial charge >= 0.3 is 5.97 Å². The first-order valence-corrected chi connectivity index (χ1v) is 7.18. The molecule has 0 saturated heterocycles. The van der Waals surface area contributed by atoms with E-state index in [0.29, 0.717) is 17.9 Å². The fraction of sp³-hybridized carbons (Fsp3) is 0.176. The van der Waals surface area contributed by atoms with E-state index in [1.165, 1.54) is 12.1 Å². The molecule has 2 rings (SSSR count). The van der Waals surface area contributed by atoms with Gasteiger partial charge in [-0.25, -0.2) is 4.79 Å². The molecule has 0 amide bonds. The number of esters is 1. The topological polar surface area (TPSA) is 109 Å². The zero-order chi connectivity index (χ0) is 17.5. The zero-order valence-electron chi connectivity index (χ0n) is 13.0. The lowest BCUT2D eigenvalue weighted by atomic mass is 10.1. The molecule has 2 aromatic carbocycles. The van der Waals surface area contributed by atoms with Crippen molar-refractivity contribution in [2.45, 2.75) is 6.92 Å². The summed E-state index contributed by atoms with van der Waals surface area (Å²) in [6.07, 6.45) is 0. The highest BCUT2D eigenvalue weighted by atomic mass is 16.5. The van der Waals surface area contributed by atoms with E-state index in [2.05, 4.69) is 5.16 Å². The second-order valence-electron chi connectivity index (χ2n) is 4.78. The van der Waals surface area contributed by atoms with Crippen LogP contribution in [0.15, 0.2) is 47.6 Å². The number of oxime groups is 1. The summed E-state index contributed by atoms with van der Waals surface area (Å²) in [6, 6.07) is 10.2. The van der Waals surface area contributed by atoms with Crippen LogP contribution in [0.4, 0.5) is 0 Å². The van der Waals surface area contributed by atoms with Crippen molar-refractivity contribution in [2.24, 2.45) is 5.16 Å². The van der Waals surface area contributed by atoms with Crippen molar-refractivity contribution in [3.8, 4) is 17.2 Å². The Morgan fingerprint density at radius 2 is 1.83 bits per heavy atom. The third-order valence-corrected chi connectivity index (χ3v) is 3.15. The Hall–Kier alpha value is -3.22. The van der Waals surface area contributed by atoms with Crippen LogP contribution in [-0.4, -0.2) is 40.3 Å². The Labute approximate surface area is 138 Å². The van der Waals surface area contributed by atoms with Gasteiger partial charge in [-0.1, -0.05) is 5.16 Å². The summed E-state index contributed by atoms with van der Waals surface area (Å²) in [4.78, 5) is 11.6. The molecule has 2 aromatic rings. The van der Waals surface area contributed by atoms with Crippen LogP contribution in [-0.2, 0) is 4.74 Å².